The van der Waals surface area contributed by atoms with E-state index in [9.17, 15) is 0 Å². The highest BCUT2D eigenvalue weighted by molar-refractivity contribution is 5.71. The van der Waals surface area contributed by atoms with Crippen LogP contribution in [0.4, 0.5) is 5.82 Å². The summed E-state index contributed by atoms with van der Waals surface area (Å²) in [6.45, 7) is 3.08. The Balaban J connectivity index is 1.91. The number of nitrogens with zero attached hydrogens (tertiary/aromatic N) is 2. The molecular formula is C17H21N3. The number of aromatic nitrogens is 2. The van der Waals surface area contributed by atoms with Crippen LogP contribution in [0.3, 0.4) is 0 Å². The first-order chi connectivity index (χ1) is 9.88. The molecule has 1 aromatic carbocycles. The van der Waals surface area contributed by atoms with E-state index in [0.29, 0.717) is 0 Å². The molecule has 1 fully saturated rings. The predicted molar refractivity (Wildman–Crippen MR) is 82.8 cm³/mol. The van der Waals surface area contributed by atoms with Gasteiger partial charge in [0.1, 0.15) is 5.69 Å². The maximum atomic E-state index is 4.52. The van der Waals surface area contributed by atoms with Crippen molar-refractivity contribution in [1.29, 1.82) is 0 Å². The molecule has 0 atom stereocenters. The van der Waals surface area contributed by atoms with Crippen molar-refractivity contribution in [2.45, 2.75) is 38.5 Å². The topological polar surface area (TPSA) is 37.8 Å². The molecule has 3 rings (SSSR count). The molecule has 1 saturated carbocycles. The molecule has 0 unspecified atom stereocenters. The first kappa shape index (κ1) is 13.1. The average Bonchev–Trinajstić information content (AvgIpc) is 2.44. The van der Waals surface area contributed by atoms with Crippen LogP contribution in [0.15, 0.2) is 36.7 Å². The van der Waals surface area contributed by atoms with E-state index < -0.39 is 0 Å². The van der Waals surface area contributed by atoms with E-state index in [-0.39, 0.29) is 0 Å². The van der Waals surface area contributed by atoms with Gasteiger partial charge in [0.2, 0.25) is 0 Å². The van der Waals surface area contributed by atoms with Crippen LogP contribution in [0.1, 0.15) is 44.1 Å². The summed E-state index contributed by atoms with van der Waals surface area (Å²) in [6, 6.07) is 8.79. The Labute approximate surface area is 120 Å². The monoisotopic (exact) mass is 267 g/mol. The van der Waals surface area contributed by atoms with Crippen LogP contribution in [-0.4, -0.2) is 16.5 Å². The lowest BCUT2D eigenvalue weighted by Gasteiger charge is -2.26. The van der Waals surface area contributed by atoms with Crippen LogP contribution >= 0.6 is 0 Å². The summed E-state index contributed by atoms with van der Waals surface area (Å²) in [6.07, 6.45) is 8.61. The van der Waals surface area contributed by atoms with Crippen molar-refractivity contribution in [2.24, 2.45) is 0 Å². The van der Waals surface area contributed by atoms with Gasteiger partial charge in [0, 0.05) is 24.5 Å². The zero-order chi connectivity index (χ0) is 13.8. The van der Waals surface area contributed by atoms with Gasteiger partial charge in [-0.2, -0.15) is 0 Å². The van der Waals surface area contributed by atoms with E-state index in [4.69, 9.17) is 0 Å². The molecule has 0 radical (unpaired) electrons. The molecule has 2 aromatic rings. The first-order valence-corrected chi connectivity index (χ1v) is 7.53. The highest BCUT2D eigenvalue weighted by Crippen LogP contribution is 2.37. The minimum atomic E-state index is 0.749. The molecular weight excluding hydrogens is 246 g/mol. The van der Waals surface area contributed by atoms with Gasteiger partial charge in [-0.15, -0.1) is 0 Å². The number of anilines is 1. The molecule has 1 heterocycles. The van der Waals surface area contributed by atoms with Crippen molar-refractivity contribution in [3.63, 3.8) is 0 Å². The molecule has 1 aromatic heterocycles. The molecule has 0 aliphatic heterocycles. The van der Waals surface area contributed by atoms with Crippen LogP contribution in [0.25, 0.3) is 11.3 Å². The third kappa shape index (κ3) is 2.67. The number of benzene rings is 1. The Bertz CT molecular complexity index is 576. The Morgan fingerprint density at radius 2 is 2.05 bits per heavy atom. The number of nitrogens with one attached hydrogen (secondary N) is 1. The largest absolute Gasteiger partial charge is 0.368 e. The highest BCUT2D eigenvalue weighted by Gasteiger charge is 2.20. The van der Waals surface area contributed by atoms with Crippen molar-refractivity contribution < 1.29 is 0 Å². The fourth-order valence-corrected chi connectivity index (χ4v) is 2.60. The second-order valence-electron chi connectivity index (χ2n) is 5.43. The van der Waals surface area contributed by atoms with E-state index in [0.717, 1.165) is 30.4 Å². The lowest BCUT2D eigenvalue weighted by atomic mass is 9.79. The molecule has 3 nitrogen and oxygen atoms in total. The van der Waals surface area contributed by atoms with Gasteiger partial charge >= 0.3 is 0 Å². The van der Waals surface area contributed by atoms with E-state index >= 15 is 0 Å². The summed E-state index contributed by atoms with van der Waals surface area (Å²) in [4.78, 5) is 8.95. The molecule has 104 valence electrons. The van der Waals surface area contributed by atoms with Crippen molar-refractivity contribution in [3.05, 3.63) is 42.2 Å². The summed E-state index contributed by atoms with van der Waals surface area (Å²) >= 11 is 0. The summed E-state index contributed by atoms with van der Waals surface area (Å²) in [5.41, 5.74) is 3.57. The SMILES string of the molecule is CCCNc1nccnc1-c1cccc(C2CCC2)c1. The zero-order valence-electron chi connectivity index (χ0n) is 12.0. The second-order valence-corrected chi connectivity index (χ2v) is 5.43. The third-order valence-corrected chi connectivity index (χ3v) is 3.98. The van der Waals surface area contributed by atoms with Crippen LogP contribution in [0.5, 0.6) is 0 Å². The summed E-state index contributed by atoms with van der Waals surface area (Å²) in [7, 11) is 0. The van der Waals surface area contributed by atoms with Gasteiger partial charge in [-0.3, -0.25) is 4.98 Å². The highest BCUT2D eigenvalue weighted by atomic mass is 15.0. The number of hydrogen-bond donors (Lipinski definition) is 1. The van der Waals surface area contributed by atoms with Crippen molar-refractivity contribution in [3.8, 4) is 11.3 Å². The Kier molecular flexibility index (Phi) is 3.95. The molecule has 0 amide bonds. The van der Waals surface area contributed by atoms with Gasteiger partial charge in [0.15, 0.2) is 5.82 Å². The molecule has 1 aliphatic rings. The summed E-state index contributed by atoms with van der Waals surface area (Å²) < 4.78 is 0. The average molecular weight is 267 g/mol. The standard InChI is InChI=1S/C17H21N3/c1-2-9-19-17-16(18-10-11-20-17)15-8-4-7-14(12-15)13-5-3-6-13/h4,7-8,10-13H,2-3,5-6,9H2,1H3,(H,19,20). The molecule has 20 heavy (non-hydrogen) atoms. The van der Waals surface area contributed by atoms with Gasteiger partial charge in [-0.25, -0.2) is 4.98 Å². The second kappa shape index (κ2) is 6.04. The van der Waals surface area contributed by atoms with Gasteiger partial charge < -0.3 is 5.32 Å². The Morgan fingerprint density at radius 1 is 1.20 bits per heavy atom. The van der Waals surface area contributed by atoms with Gasteiger partial charge in [0.05, 0.1) is 0 Å². The maximum absolute atomic E-state index is 4.52. The molecule has 0 bridgehead atoms. The molecule has 0 saturated heterocycles. The van der Waals surface area contributed by atoms with E-state index in [1.807, 2.05) is 0 Å². The van der Waals surface area contributed by atoms with Crippen molar-refractivity contribution in [2.75, 3.05) is 11.9 Å². The fraction of sp³-hybridized carbons (Fsp3) is 0.412. The third-order valence-electron chi connectivity index (χ3n) is 3.98. The number of hydrogen-bond acceptors (Lipinski definition) is 3. The number of rotatable bonds is 5. The van der Waals surface area contributed by atoms with Crippen LogP contribution in [0.2, 0.25) is 0 Å². The molecule has 3 heteroatoms. The van der Waals surface area contributed by atoms with Crippen LogP contribution < -0.4 is 5.32 Å². The van der Waals surface area contributed by atoms with Gasteiger partial charge in [0.25, 0.3) is 0 Å². The maximum Gasteiger partial charge on any atom is 0.152 e. The Hall–Kier alpha value is -1.90. The van der Waals surface area contributed by atoms with E-state index in [1.165, 1.54) is 30.4 Å². The zero-order valence-corrected chi connectivity index (χ0v) is 12.0. The smallest absolute Gasteiger partial charge is 0.152 e. The minimum Gasteiger partial charge on any atom is -0.368 e. The molecule has 0 spiro atoms. The normalized spacial score (nSPS) is 14.8. The van der Waals surface area contributed by atoms with Crippen LogP contribution in [0, 0.1) is 0 Å². The Morgan fingerprint density at radius 3 is 2.80 bits per heavy atom. The van der Waals surface area contributed by atoms with E-state index in [1.54, 1.807) is 12.4 Å². The predicted octanol–water partition coefficient (Wildman–Crippen LogP) is 4.23. The van der Waals surface area contributed by atoms with Crippen molar-refractivity contribution >= 4 is 5.82 Å². The summed E-state index contributed by atoms with van der Waals surface area (Å²) in [5, 5.41) is 3.36. The lowest BCUT2D eigenvalue weighted by Crippen LogP contribution is -2.09. The molecule has 1 aliphatic carbocycles. The van der Waals surface area contributed by atoms with Crippen LogP contribution in [-0.2, 0) is 0 Å². The first-order valence-electron chi connectivity index (χ1n) is 7.53. The minimum absolute atomic E-state index is 0.749. The fourth-order valence-electron chi connectivity index (χ4n) is 2.60. The van der Waals surface area contributed by atoms with E-state index in [2.05, 4.69) is 46.5 Å². The lowest BCUT2D eigenvalue weighted by molar-refractivity contribution is 0.420. The van der Waals surface area contributed by atoms with Crippen molar-refractivity contribution in [1.82, 2.24) is 9.97 Å². The molecule has 1 N–H and O–H groups in total. The van der Waals surface area contributed by atoms with Gasteiger partial charge in [-0.1, -0.05) is 31.5 Å². The summed E-state index contributed by atoms with van der Waals surface area (Å²) in [5.74, 6) is 1.64. The quantitative estimate of drug-likeness (QED) is 0.880. The van der Waals surface area contributed by atoms with Gasteiger partial charge in [-0.05, 0) is 36.8 Å².